The molecule has 1 aromatic rings. The van der Waals surface area contributed by atoms with E-state index < -0.39 is 0 Å². The highest BCUT2D eigenvalue weighted by Crippen LogP contribution is 2.31. The molecule has 0 saturated heterocycles. The summed E-state index contributed by atoms with van der Waals surface area (Å²) in [6.07, 6.45) is 8.69. The molecule has 1 aromatic carbocycles. The van der Waals surface area contributed by atoms with E-state index in [9.17, 15) is 9.59 Å². The van der Waals surface area contributed by atoms with Crippen molar-refractivity contribution in [1.82, 2.24) is 4.90 Å². The van der Waals surface area contributed by atoms with Gasteiger partial charge in [0.1, 0.15) is 0 Å². The first kappa shape index (κ1) is 24.1. The summed E-state index contributed by atoms with van der Waals surface area (Å²) in [7, 11) is 0. The summed E-state index contributed by atoms with van der Waals surface area (Å²) < 4.78 is 0. The van der Waals surface area contributed by atoms with E-state index in [1.807, 2.05) is 23.1 Å². The lowest BCUT2D eigenvalue weighted by atomic mass is 9.87. The second kappa shape index (κ2) is 10.4. The second-order valence-electron chi connectivity index (χ2n) is 10.6. The van der Waals surface area contributed by atoms with Crippen LogP contribution < -0.4 is 11.1 Å². The second-order valence-corrected chi connectivity index (χ2v) is 11.0. The van der Waals surface area contributed by atoms with Gasteiger partial charge in [0, 0.05) is 41.7 Å². The molecule has 0 aromatic heterocycles. The van der Waals surface area contributed by atoms with Gasteiger partial charge in [0.25, 0.3) is 0 Å². The van der Waals surface area contributed by atoms with Crippen molar-refractivity contribution in [3.8, 4) is 0 Å². The van der Waals surface area contributed by atoms with Crippen LogP contribution in [0.25, 0.3) is 0 Å². The molecule has 5 nitrogen and oxygen atoms in total. The lowest BCUT2D eigenvalue weighted by molar-refractivity contribution is -0.137. The topological polar surface area (TPSA) is 75.4 Å². The maximum atomic E-state index is 13.3. The van der Waals surface area contributed by atoms with Gasteiger partial charge in [-0.3, -0.25) is 9.59 Å². The lowest BCUT2D eigenvalue weighted by Gasteiger charge is -2.39. The first-order valence-electron chi connectivity index (χ1n) is 11.8. The molecular formula is C25H38ClN3O2. The minimum atomic E-state index is -0.102. The Morgan fingerprint density at radius 1 is 1.10 bits per heavy atom. The molecule has 0 aliphatic heterocycles. The van der Waals surface area contributed by atoms with Gasteiger partial charge in [0.2, 0.25) is 11.8 Å². The summed E-state index contributed by atoms with van der Waals surface area (Å²) in [5, 5.41) is 3.66. The molecule has 0 radical (unpaired) electrons. The summed E-state index contributed by atoms with van der Waals surface area (Å²) >= 11 is 6.54. The number of nitrogens with two attached hydrogens (primary N) is 1. The van der Waals surface area contributed by atoms with Crippen molar-refractivity contribution in [3.05, 3.63) is 28.8 Å². The number of nitrogens with one attached hydrogen (secondary N) is 1. The van der Waals surface area contributed by atoms with Crippen LogP contribution in [-0.2, 0) is 16.1 Å². The van der Waals surface area contributed by atoms with Crippen LogP contribution in [0.15, 0.2) is 18.2 Å². The van der Waals surface area contributed by atoms with Crippen molar-refractivity contribution in [3.63, 3.8) is 0 Å². The standard InChI is InChI=1S/C25H38ClN3O2/c1-25(2,3)15-23(30)29(22-11-7-6-10-21(22)27)16-18-14-19(12-13-20(18)26)28-24(31)17-8-4-5-9-17/h12-14,17,21-22H,4-11,15-16,27H2,1-3H3,(H,28,31). The normalized spacial score (nSPS) is 22.4. The van der Waals surface area contributed by atoms with Crippen LogP contribution >= 0.6 is 11.6 Å². The molecule has 2 saturated carbocycles. The van der Waals surface area contributed by atoms with E-state index in [4.69, 9.17) is 17.3 Å². The number of amides is 2. The van der Waals surface area contributed by atoms with Crippen LogP contribution in [0.1, 0.15) is 84.1 Å². The molecule has 2 atom stereocenters. The molecule has 3 N–H and O–H groups in total. The van der Waals surface area contributed by atoms with Crippen LogP contribution in [-0.4, -0.2) is 28.8 Å². The average molecular weight is 448 g/mol. The van der Waals surface area contributed by atoms with Crippen molar-refractivity contribution < 1.29 is 9.59 Å². The molecule has 2 fully saturated rings. The first-order valence-corrected chi connectivity index (χ1v) is 12.2. The molecule has 6 heteroatoms. The van der Waals surface area contributed by atoms with Crippen LogP contribution in [0, 0.1) is 11.3 Å². The zero-order valence-corrected chi connectivity index (χ0v) is 20.0. The SMILES string of the molecule is CC(C)(C)CC(=O)N(Cc1cc(NC(=O)C2CCCC2)ccc1Cl)C1CCCCC1N. The number of hydrogen-bond donors (Lipinski definition) is 2. The molecule has 0 bridgehead atoms. The van der Waals surface area contributed by atoms with Gasteiger partial charge in [-0.1, -0.05) is 58.1 Å². The third-order valence-electron chi connectivity index (χ3n) is 6.56. The predicted molar refractivity (Wildman–Crippen MR) is 127 cm³/mol. The number of carbonyl (C=O) groups is 2. The maximum Gasteiger partial charge on any atom is 0.227 e. The van der Waals surface area contributed by atoms with Gasteiger partial charge < -0.3 is 16.0 Å². The zero-order chi connectivity index (χ0) is 22.6. The molecular weight excluding hydrogens is 410 g/mol. The van der Waals surface area contributed by atoms with E-state index in [2.05, 4.69) is 26.1 Å². The molecule has 2 unspecified atom stereocenters. The van der Waals surface area contributed by atoms with E-state index in [0.717, 1.165) is 62.6 Å². The Kier molecular flexibility index (Phi) is 8.03. The van der Waals surface area contributed by atoms with Crippen molar-refractivity contribution in [2.24, 2.45) is 17.1 Å². The van der Waals surface area contributed by atoms with Crippen LogP contribution in [0.5, 0.6) is 0 Å². The number of hydrogen-bond acceptors (Lipinski definition) is 3. The quantitative estimate of drug-likeness (QED) is 0.604. The maximum absolute atomic E-state index is 13.3. The lowest BCUT2D eigenvalue weighted by Crippen LogP contribution is -2.52. The van der Waals surface area contributed by atoms with Crippen LogP contribution in [0.2, 0.25) is 5.02 Å². The largest absolute Gasteiger partial charge is 0.334 e. The molecule has 0 spiro atoms. The Labute approximate surface area is 192 Å². The fraction of sp³-hybridized carbons (Fsp3) is 0.680. The summed E-state index contributed by atoms with van der Waals surface area (Å²) in [6.45, 7) is 6.65. The molecule has 3 rings (SSSR count). The van der Waals surface area contributed by atoms with E-state index in [0.29, 0.717) is 18.0 Å². The van der Waals surface area contributed by atoms with Gasteiger partial charge >= 0.3 is 0 Å². The molecule has 0 heterocycles. The van der Waals surface area contributed by atoms with Crippen molar-refractivity contribution in [2.45, 2.75) is 97.2 Å². The summed E-state index contributed by atoms with van der Waals surface area (Å²) in [4.78, 5) is 27.8. The predicted octanol–water partition coefficient (Wildman–Crippen LogP) is 5.50. The van der Waals surface area contributed by atoms with Crippen LogP contribution in [0.4, 0.5) is 5.69 Å². The third kappa shape index (κ3) is 6.69. The summed E-state index contributed by atoms with van der Waals surface area (Å²) in [5.74, 6) is 0.302. The number of benzene rings is 1. The monoisotopic (exact) mass is 447 g/mol. The highest BCUT2D eigenvalue weighted by atomic mass is 35.5. The first-order chi connectivity index (χ1) is 14.6. The van der Waals surface area contributed by atoms with E-state index in [1.165, 1.54) is 0 Å². The fourth-order valence-corrected chi connectivity index (χ4v) is 5.04. The number of rotatable bonds is 6. The van der Waals surface area contributed by atoms with Crippen molar-refractivity contribution in [1.29, 1.82) is 0 Å². The van der Waals surface area contributed by atoms with E-state index in [-0.39, 0.29) is 35.2 Å². The number of nitrogens with zero attached hydrogens (tertiary/aromatic N) is 1. The Hall–Kier alpha value is -1.59. The minimum Gasteiger partial charge on any atom is -0.334 e. The Balaban J connectivity index is 1.80. The Bertz CT molecular complexity index is 783. The number of halogens is 1. The van der Waals surface area contributed by atoms with Gasteiger partial charge in [-0.15, -0.1) is 0 Å². The van der Waals surface area contributed by atoms with Gasteiger partial charge in [-0.25, -0.2) is 0 Å². The molecule has 2 aliphatic rings. The molecule has 31 heavy (non-hydrogen) atoms. The highest BCUT2D eigenvalue weighted by molar-refractivity contribution is 6.31. The van der Waals surface area contributed by atoms with Crippen LogP contribution in [0.3, 0.4) is 0 Å². The summed E-state index contributed by atoms with van der Waals surface area (Å²) in [6, 6.07) is 5.58. The van der Waals surface area contributed by atoms with Gasteiger partial charge in [0.05, 0.1) is 0 Å². The molecule has 172 valence electrons. The van der Waals surface area contributed by atoms with Gasteiger partial charge in [-0.05, 0) is 54.9 Å². The Morgan fingerprint density at radius 2 is 1.74 bits per heavy atom. The van der Waals surface area contributed by atoms with Gasteiger partial charge in [0.15, 0.2) is 0 Å². The third-order valence-corrected chi connectivity index (χ3v) is 6.93. The number of anilines is 1. The minimum absolute atomic E-state index is 0.0123. The van der Waals surface area contributed by atoms with Gasteiger partial charge in [-0.2, -0.15) is 0 Å². The zero-order valence-electron chi connectivity index (χ0n) is 19.3. The Morgan fingerprint density at radius 3 is 2.39 bits per heavy atom. The van der Waals surface area contributed by atoms with E-state index >= 15 is 0 Å². The average Bonchev–Trinajstić information content (AvgIpc) is 3.22. The molecule has 2 aliphatic carbocycles. The number of carbonyl (C=O) groups excluding carboxylic acids is 2. The highest BCUT2D eigenvalue weighted by Gasteiger charge is 2.33. The smallest absolute Gasteiger partial charge is 0.227 e. The van der Waals surface area contributed by atoms with Crippen molar-refractivity contribution >= 4 is 29.1 Å². The van der Waals surface area contributed by atoms with Crippen molar-refractivity contribution in [2.75, 3.05) is 5.32 Å². The van der Waals surface area contributed by atoms with E-state index in [1.54, 1.807) is 0 Å². The fourth-order valence-electron chi connectivity index (χ4n) is 4.86. The summed E-state index contributed by atoms with van der Waals surface area (Å²) in [5.41, 5.74) is 7.95. The molecule has 2 amide bonds.